The molecule has 0 saturated carbocycles. The summed E-state index contributed by atoms with van der Waals surface area (Å²) in [6, 6.07) is 12.0. The zero-order valence-electron chi connectivity index (χ0n) is 18.4. The van der Waals surface area contributed by atoms with E-state index in [1.54, 1.807) is 18.2 Å². The molecule has 2 aromatic rings. The van der Waals surface area contributed by atoms with Crippen molar-refractivity contribution in [3.63, 3.8) is 0 Å². The summed E-state index contributed by atoms with van der Waals surface area (Å²) in [4.78, 5) is 17.5. The van der Waals surface area contributed by atoms with Gasteiger partial charge in [-0.25, -0.2) is 28.7 Å². The molecule has 0 radical (unpaired) electrons. The molecule has 2 unspecified atom stereocenters. The smallest absolute Gasteiger partial charge is 0.257 e. The molecule has 172 valence electrons. The van der Waals surface area contributed by atoms with E-state index in [4.69, 9.17) is 0 Å². The molecule has 4 N–H and O–H groups in total. The first-order chi connectivity index (χ1) is 14.9. The van der Waals surface area contributed by atoms with Gasteiger partial charge in [-0.15, -0.1) is 0 Å². The third-order valence-corrected chi connectivity index (χ3v) is 5.80. The summed E-state index contributed by atoms with van der Waals surface area (Å²) in [5.74, 6) is -0.521. The van der Waals surface area contributed by atoms with Crippen LogP contribution in [0.25, 0.3) is 0 Å². The van der Waals surface area contributed by atoms with Gasteiger partial charge in [0.1, 0.15) is 12.0 Å². The van der Waals surface area contributed by atoms with Crippen molar-refractivity contribution >= 4 is 21.7 Å². The van der Waals surface area contributed by atoms with Gasteiger partial charge in [-0.1, -0.05) is 18.2 Å². The lowest BCUT2D eigenvalue weighted by Gasteiger charge is -2.24. The van der Waals surface area contributed by atoms with Crippen molar-refractivity contribution in [2.24, 2.45) is 4.99 Å². The molecule has 0 aromatic heterocycles. The highest BCUT2D eigenvalue weighted by Gasteiger charge is 2.26. The molecule has 1 aliphatic rings. The molecule has 1 heterocycles. The van der Waals surface area contributed by atoms with E-state index >= 15 is 0 Å². The number of rotatable bonds is 4. The number of hydrazine groups is 1. The Morgan fingerprint density at radius 1 is 1.12 bits per heavy atom. The van der Waals surface area contributed by atoms with Crippen LogP contribution in [0.3, 0.4) is 0 Å². The van der Waals surface area contributed by atoms with E-state index in [1.165, 1.54) is 30.3 Å². The van der Waals surface area contributed by atoms with Gasteiger partial charge in [0.15, 0.2) is 15.8 Å². The van der Waals surface area contributed by atoms with Crippen LogP contribution in [-0.4, -0.2) is 38.2 Å². The van der Waals surface area contributed by atoms with Gasteiger partial charge in [-0.3, -0.25) is 10.1 Å². The lowest BCUT2D eigenvalue weighted by Crippen LogP contribution is -2.50. The van der Waals surface area contributed by atoms with Crippen molar-refractivity contribution in [1.82, 2.24) is 21.5 Å². The van der Waals surface area contributed by atoms with Crippen LogP contribution in [0.2, 0.25) is 0 Å². The fraction of sp³-hybridized carbons (Fsp3) is 0.364. The normalized spacial score (nSPS) is 19.6. The van der Waals surface area contributed by atoms with E-state index in [0.29, 0.717) is 6.42 Å². The zero-order valence-corrected chi connectivity index (χ0v) is 19.3. The Kier molecular flexibility index (Phi) is 6.97. The highest BCUT2D eigenvalue weighted by atomic mass is 32.2. The average molecular weight is 462 g/mol. The van der Waals surface area contributed by atoms with Crippen molar-refractivity contribution in [2.45, 2.75) is 49.8 Å². The van der Waals surface area contributed by atoms with Crippen LogP contribution in [0.5, 0.6) is 0 Å². The molecule has 8 nitrogen and oxygen atoms in total. The SMILES string of the molecule is CC(C)(C)NC(=NC1CC(c2ccc(F)cc2)NN1)NC(=O)c1cccc(S(C)(=O)=O)c1. The third kappa shape index (κ3) is 6.59. The summed E-state index contributed by atoms with van der Waals surface area (Å²) in [6.07, 6.45) is 1.33. The van der Waals surface area contributed by atoms with Crippen LogP contribution in [-0.2, 0) is 9.84 Å². The minimum absolute atomic E-state index is 0.0659. The van der Waals surface area contributed by atoms with Crippen molar-refractivity contribution in [3.8, 4) is 0 Å². The number of nitrogens with one attached hydrogen (secondary N) is 4. The van der Waals surface area contributed by atoms with Crippen molar-refractivity contribution in [3.05, 3.63) is 65.5 Å². The lowest BCUT2D eigenvalue weighted by molar-refractivity contribution is 0.0975. The zero-order chi connectivity index (χ0) is 23.5. The number of halogens is 1. The quantitative estimate of drug-likeness (QED) is 0.411. The maximum Gasteiger partial charge on any atom is 0.257 e. The summed E-state index contributed by atoms with van der Waals surface area (Å²) < 4.78 is 36.8. The first-order valence-corrected chi connectivity index (χ1v) is 12.0. The Morgan fingerprint density at radius 2 is 1.81 bits per heavy atom. The fourth-order valence-corrected chi connectivity index (χ4v) is 3.86. The van der Waals surface area contributed by atoms with Gasteiger partial charge in [-0.05, 0) is 56.7 Å². The topological polar surface area (TPSA) is 112 Å². The number of carbonyl (C=O) groups excluding carboxylic acids is 1. The number of aliphatic imine (C=N–C) groups is 1. The van der Waals surface area contributed by atoms with Gasteiger partial charge in [-0.2, -0.15) is 0 Å². The van der Waals surface area contributed by atoms with Gasteiger partial charge in [0.25, 0.3) is 5.91 Å². The first kappa shape index (κ1) is 23.8. The summed E-state index contributed by atoms with van der Waals surface area (Å²) >= 11 is 0. The van der Waals surface area contributed by atoms with Gasteiger partial charge in [0, 0.05) is 29.8 Å². The minimum atomic E-state index is -3.44. The second-order valence-electron chi connectivity index (χ2n) is 8.75. The number of carbonyl (C=O) groups is 1. The van der Waals surface area contributed by atoms with Crippen LogP contribution in [0.15, 0.2) is 58.4 Å². The molecule has 0 aliphatic carbocycles. The highest BCUT2D eigenvalue weighted by molar-refractivity contribution is 7.90. The Hall–Kier alpha value is -2.82. The lowest BCUT2D eigenvalue weighted by atomic mass is 10.0. The van der Waals surface area contributed by atoms with Gasteiger partial charge in [0.2, 0.25) is 0 Å². The Labute approximate surface area is 187 Å². The highest BCUT2D eigenvalue weighted by Crippen LogP contribution is 2.23. The molecule has 1 saturated heterocycles. The van der Waals surface area contributed by atoms with E-state index in [9.17, 15) is 17.6 Å². The number of sulfone groups is 1. The molecule has 1 amide bonds. The van der Waals surface area contributed by atoms with Crippen LogP contribution in [0, 0.1) is 5.82 Å². The number of hydrogen-bond donors (Lipinski definition) is 4. The fourth-order valence-electron chi connectivity index (χ4n) is 3.19. The number of amides is 1. The molecule has 2 aromatic carbocycles. The first-order valence-electron chi connectivity index (χ1n) is 10.1. The molecule has 3 rings (SSSR count). The monoisotopic (exact) mass is 461 g/mol. The van der Waals surface area contributed by atoms with Crippen LogP contribution in [0.4, 0.5) is 4.39 Å². The molecular weight excluding hydrogens is 433 g/mol. The summed E-state index contributed by atoms with van der Waals surface area (Å²) in [5.41, 5.74) is 6.95. The summed E-state index contributed by atoms with van der Waals surface area (Å²) in [6.45, 7) is 5.79. The van der Waals surface area contributed by atoms with Gasteiger partial charge >= 0.3 is 0 Å². The minimum Gasteiger partial charge on any atom is -0.351 e. The Balaban J connectivity index is 1.77. The van der Waals surface area contributed by atoms with Crippen molar-refractivity contribution < 1.29 is 17.6 Å². The number of nitrogens with zero attached hydrogens (tertiary/aromatic N) is 1. The summed E-state index contributed by atoms with van der Waals surface area (Å²) in [7, 11) is -3.44. The van der Waals surface area contributed by atoms with Crippen molar-refractivity contribution in [1.29, 1.82) is 0 Å². The largest absolute Gasteiger partial charge is 0.351 e. The predicted octanol–water partition coefficient (Wildman–Crippen LogP) is 2.27. The van der Waals surface area contributed by atoms with Crippen LogP contribution < -0.4 is 21.5 Å². The standard InChI is InChI=1S/C22H28FN5O3S/c1-22(2,3)26-21(25-20(29)15-6-5-7-17(12-15)32(4,30)31)24-19-13-18(27-28-19)14-8-10-16(23)11-9-14/h5-12,18-19,27-28H,13H2,1-4H3,(H2,24,25,26,29). The Morgan fingerprint density at radius 3 is 2.44 bits per heavy atom. The van der Waals surface area contributed by atoms with E-state index in [1.807, 2.05) is 20.8 Å². The molecule has 1 aliphatic heterocycles. The van der Waals surface area contributed by atoms with Crippen molar-refractivity contribution in [2.75, 3.05) is 6.26 Å². The average Bonchev–Trinajstić information content (AvgIpc) is 3.15. The molecular formula is C22H28FN5O3S. The molecule has 0 bridgehead atoms. The maximum atomic E-state index is 13.2. The van der Waals surface area contributed by atoms with E-state index in [-0.39, 0.29) is 40.0 Å². The van der Waals surface area contributed by atoms with E-state index in [2.05, 4.69) is 26.5 Å². The van der Waals surface area contributed by atoms with Gasteiger partial charge < -0.3 is 5.32 Å². The van der Waals surface area contributed by atoms with Crippen LogP contribution in [0.1, 0.15) is 49.2 Å². The number of benzene rings is 2. The molecule has 0 spiro atoms. The van der Waals surface area contributed by atoms with E-state index in [0.717, 1.165) is 11.8 Å². The number of hydrogen-bond acceptors (Lipinski definition) is 6. The number of guanidine groups is 1. The second-order valence-corrected chi connectivity index (χ2v) is 10.8. The Bertz CT molecular complexity index is 1110. The molecule has 2 atom stereocenters. The van der Waals surface area contributed by atoms with Gasteiger partial charge in [0.05, 0.1) is 4.90 Å². The molecule has 10 heteroatoms. The summed E-state index contributed by atoms with van der Waals surface area (Å²) in [5, 5.41) is 5.92. The van der Waals surface area contributed by atoms with E-state index < -0.39 is 15.7 Å². The third-order valence-electron chi connectivity index (χ3n) is 4.69. The van der Waals surface area contributed by atoms with Crippen LogP contribution >= 0.6 is 0 Å². The maximum absolute atomic E-state index is 13.2. The molecule has 1 fully saturated rings. The second kappa shape index (κ2) is 9.35. The molecule has 32 heavy (non-hydrogen) atoms. The predicted molar refractivity (Wildman–Crippen MR) is 121 cm³/mol.